The molecule has 1 aliphatic heterocycles. The van der Waals surface area contributed by atoms with Gasteiger partial charge >= 0.3 is 0 Å². The molecule has 112 valence electrons. The number of methoxy groups -OCH3 is 1. The van der Waals surface area contributed by atoms with Gasteiger partial charge in [0.25, 0.3) is 0 Å². The molecular weight excluding hydrogens is 330 g/mol. The van der Waals surface area contributed by atoms with Crippen molar-refractivity contribution in [3.05, 3.63) is 58.7 Å². The van der Waals surface area contributed by atoms with Crippen molar-refractivity contribution in [2.75, 3.05) is 27.4 Å². The molecule has 0 N–H and O–H groups in total. The second-order valence-electron chi connectivity index (χ2n) is 4.79. The van der Waals surface area contributed by atoms with Gasteiger partial charge in [-0.2, -0.15) is 0 Å². The van der Waals surface area contributed by atoms with Crippen LogP contribution in [-0.4, -0.2) is 32.3 Å². The molecule has 0 saturated carbocycles. The Labute approximate surface area is 134 Å². The number of allylic oxidation sites excluding steroid dienone is 3. The molecule has 4 heteroatoms. The Bertz CT molecular complexity index is 561. The number of rotatable bonds is 6. The molecule has 1 aromatic carbocycles. The van der Waals surface area contributed by atoms with Crippen LogP contribution in [0.4, 0.5) is 0 Å². The fraction of sp³-hybridized carbons (Fsp3) is 0.294. The Morgan fingerprint density at radius 3 is 2.52 bits per heavy atom. The quantitative estimate of drug-likeness (QED) is 0.719. The van der Waals surface area contributed by atoms with E-state index in [2.05, 4.69) is 45.6 Å². The number of ether oxygens (including phenoxy) is 2. The van der Waals surface area contributed by atoms with Gasteiger partial charge in [-0.25, -0.2) is 0 Å². The van der Waals surface area contributed by atoms with Gasteiger partial charge < -0.3 is 14.4 Å². The van der Waals surface area contributed by atoms with E-state index in [-0.39, 0.29) is 0 Å². The predicted molar refractivity (Wildman–Crippen MR) is 90.3 cm³/mol. The number of likely N-dealkylation sites (N-methyl/N-ethyl adjacent to an activating group) is 1. The van der Waals surface area contributed by atoms with Crippen molar-refractivity contribution in [3.63, 3.8) is 0 Å². The zero-order valence-corrected chi connectivity index (χ0v) is 14.0. The summed E-state index contributed by atoms with van der Waals surface area (Å²) in [6.45, 7) is 5.45. The number of hydrogen-bond donors (Lipinski definition) is 0. The third-order valence-corrected chi connectivity index (χ3v) is 4.06. The number of halogens is 1. The summed E-state index contributed by atoms with van der Waals surface area (Å²) >= 11 is 3.49. The summed E-state index contributed by atoms with van der Waals surface area (Å²) < 4.78 is 11.7. The third kappa shape index (κ3) is 3.99. The highest BCUT2D eigenvalue weighted by atomic mass is 79.9. The molecule has 1 heterocycles. The molecule has 0 aliphatic carbocycles. The van der Waals surface area contributed by atoms with Gasteiger partial charge in [-0.1, -0.05) is 6.58 Å². The van der Waals surface area contributed by atoms with E-state index < -0.39 is 0 Å². The van der Waals surface area contributed by atoms with Crippen LogP contribution in [-0.2, 0) is 4.74 Å². The van der Waals surface area contributed by atoms with Crippen molar-refractivity contribution in [1.29, 1.82) is 0 Å². The Morgan fingerprint density at radius 2 is 1.86 bits per heavy atom. The van der Waals surface area contributed by atoms with Crippen molar-refractivity contribution >= 4 is 21.6 Å². The molecule has 0 bridgehead atoms. The minimum absolute atomic E-state index is 0.669. The van der Waals surface area contributed by atoms with Gasteiger partial charge in [-0.15, -0.1) is 0 Å². The summed E-state index contributed by atoms with van der Waals surface area (Å²) in [4.78, 5) is 2.07. The van der Waals surface area contributed by atoms with E-state index >= 15 is 0 Å². The second kappa shape index (κ2) is 7.48. The minimum Gasteiger partial charge on any atom is -0.494 e. The van der Waals surface area contributed by atoms with Gasteiger partial charge in [0.2, 0.25) is 0 Å². The number of hydrogen-bond acceptors (Lipinski definition) is 3. The maximum Gasteiger partial charge on any atom is 0.119 e. The minimum atomic E-state index is 0.669. The first-order chi connectivity index (χ1) is 10.1. The Hall–Kier alpha value is -1.52. The Balaban J connectivity index is 2.04. The van der Waals surface area contributed by atoms with E-state index in [0.29, 0.717) is 6.61 Å². The Kier molecular flexibility index (Phi) is 5.65. The maximum absolute atomic E-state index is 5.67. The van der Waals surface area contributed by atoms with Crippen LogP contribution in [0.1, 0.15) is 12.0 Å². The standard InChI is InChI=1S/C17H20BrNO2/c1-13-16(18)9-10-17(19(13)2)14-5-7-15(8-6-14)21-12-4-11-20-3/h5-10H,1,4,11-12H2,2-3H3. The summed E-state index contributed by atoms with van der Waals surface area (Å²) in [5, 5.41) is 0. The van der Waals surface area contributed by atoms with Crippen LogP contribution in [0.25, 0.3) is 5.70 Å². The molecule has 0 spiro atoms. The predicted octanol–water partition coefficient (Wildman–Crippen LogP) is 4.18. The highest BCUT2D eigenvalue weighted by Crippen LogP contribution is 2.32. The molecule has 21 heavy (non-hydrogen) atoms. The Morgan fingerprint density at radius 1 is 1.14 bits per heavy atom. The van der Waals surface area contributed by atoms with E-state index in [0.717, 1.165) is 40.2 Å². The van der Waals surface area contributed by atoms with Gasteiger partial charge in [0.05, 0.1) is 6.61 Å². The lowest BCUT2D eigenvalue weighted by Crippen LogP contribution is -2.17. The second-order valence-corrected chi connectivity index (χ2v) is 5.65. The molecule has 2 rings (SSSR count). The first-order valence-electron chi connectivity index (χ1n) is 6.86. The summed E-state index contributed by atoms with van der Waals surface area (Å²) in [5.74, 6) is 0.879. The highest BCUT2D eigenvalue weighted by Gasteiger charge is 2.15. The first-order valence-corrected chi connectivity index (χ1v) is 7.65. The first kappa shape index (κ1) is 15.9. The topological polar surface area (TPSA) is 21.7 Å². The SMILES string of the molecule is C=C1C(Br)=CC=C(c2ccc(OCCCOC)cc2)N1C. The number of benzene rings is 1. The fourth-order valence-electron chi connectivity index (χ4n) is 2.07. The summed E-state index contributed by atoms with van der Waals surface area (Å²) in [5.41, 5.74) is 3.21. The lowest BCUT2D eigenvalue weighted by Gasteiger charge is -2.27. The van der Waals surface area contributed by atoms with Gasteiger partial charge in [0.15, 0.2) is 0 Å². The molecule has 0 saturated heterocycles. The molecule has 0 radical (unpaired) electrons. The van der Waals surface area contributed by atoms with Gasteiger partial charge in [0, 0.05) is 43.1 Å². The van der Waals surface area contributed by atoms with Crippen molar-refractivity contribution in [1.82, 2.24) is 4.90 Å². The lowest BCUT2D eigenvalue weighted by molar-refractivity contribution is 0.172. The fourth-order valence-corrected chi connectivity index (χ4v) is 2.47. The molecule has 0 aromatic heterocycles. The van der Waals surface area contributed by atoms with Crippen LogP contribution in [0.2, 0.25) is 0 Å². The zero-order valence-electron chi connectivity index (χ0n) is 12.4. The van der Waals surface area contributed by atoms with Gasteiger partial charge in [-0.3, -0.25) is 0 Å². The van der Waals surface area contributed by atoms with E-state index in [1.54, 1.807) is 7.11 Å². The van der Waals surface area contributed by atoms with Crippen LogP contribution in [0.5, 0.6) is 5.75 Å². The molecule has 0 fully saturated rings. The van der Waals surface area contributed by atoms with Crippen molar-refractivity contribution in [2.24, 2.45) is 0 Å². The zero-order chi connectivity index (χ0) is 15.2. The summed E-state index contributed by atoms with van der Waals surface area (Å²) in [6, 6.07) is 8.11. The largest absolute Gasteiger partial charge is 0.494 e. The lowest BCUT2D eigenvalue weighted by atomic mass is 10.1. The molecule has 0 atom stereocenters. The molecule has 3 nitrogen and oxygen atoms in total. The molecular formula is C17H20BrNO2. The highest BCUT2D eigenvalue weighted by molar-refractivity contribution is 9.12. The molecule has 1 aromatic rings. The van der Waals surface area contributed by atoms with Crippen LogP contribution in [0, 0.1) is 0 Å². The van der Waals surface area contributed by atoms with E-state index in [9.17, 15) is 0 Å². The van der Waals surface area contributed by atoms with Crippen LogP contribution in [0.15, 0.2) is 53.2 Å². The monoisotopic (exact) mass is 349 g/mol. The van der Waals surface area contributed by atoms with E-state index in [1.807, 2.05) is 25.3 Å². The summed E-state index contributed by atoms with van der Waals surface area (Å²) in [6.07, 6.45) is 4.99. The van der Waals surface area contributed by atoms with Crippen molar-refractivity contribution < 1.29 is 9.47 Å². The molecule has 1 aliphatic rings. The smallest absolute Gasteiger partial charge is 0.119 e. The van der Waals surface area contributed by atoms with Crippen molar-refractivity contribution in [2.45, 2.75) is 6.42 Å². The average molecular weight is 350 g/mol. The van der Waals surface area contributed by atoms with E-state index in [1.165, 1.54) is 0 Å². The van der Waals surface area contributed by atoms with E-state index in [4.69, 9.17) is 9.47 Å². The van der Waals surface area contributed by atoms with Crippen LogP contribution >= 0.6 is 15.9 Å². The molecule has 0 unspecified atom stereocenters. The molecule has 0 amide bonds. The normalized spacial score (nSPS) is 14.8. The third-order valence-electron chi connectivity index (χ3n) is 3.34. The van der Waals surface area contributed by atoms with Gasteiger partial charge in [-0.05, 0) is 57.9 Å². The van der Waals surface area contributed by atoms with Crippen LogP contribution < -0.4 is 4.74 Å². The summed E-state index contributed by atoms with van der Waals surface area (Å²) in [7, 11) is 3.71. The van der Waals surface area contributed by atoms with Crippen molar-refractivity contribution in [3.8, 4) is 5.75 Å². The van der Waals surface area contributed by atoms with Crippen LogP contribution in [0.3, 0.4) is 0 Å². The number of nitrogens with zero attached hydrogens (tertiary/aromatic N) is 1. The maximum atomic E-state index is 5.67. The average Bonchev–Trinajstić information content (AvgIpc) is 2.50. The van der Waals surface area contributed by atoms with Gasteiger partial charge in [0.1, 0.15) is 5.75 Å².